The van der Waals surface area contributed by atoms with Gasteiger partial charge in [-0.1, -0.05) is 133 Å². The van der Waals surface area contributed by atoms with Crippen LogP contribution < -0.4 is 4.74 Å². The van der Waals surface area contributed by atoms with Gasteiger partial charge in [0.15, 0.2) is 6.29 Å². The number of hydrogen-bond donors (Lipinski definition) is 0. The summed E-state index contributed by atoms with van der Waals surface area (Å²) in [5.41, 5.74) is 5.19. The highest BCUT2D eigenvalue weighted by atomic mass is 16.7. The molecule has 1 saturated heterocycles. The third kappa shape index (κ3) is 10.3. The van der Waals surface area contributed by atoms with Crippen molar-refractivity contribution < 1.29 is 33.2 Å². The largest absolute Gasteiger partial charge is 0.497 e. The zero-order valence-electron chi connectivity index (χ0n) is 27.8. The summed E-state index contributed by atoms with van der Waals surface area (Å²) in [6.45, 7) is 2.10. The van der Waals surface area contributed by atoms with Gasteiger partial charge < -0.3 is 33.2 Å². The fraction of sp³-hybridized carbons (Fsp3) is 0.286. The predicted molar refractivity (Wildman–Crippen MR) is 188 cm³/mol. The lowest BCUT2D eigenvalue weighted by Gasteiger charge is -2.46. The number of ether oxygens (including phenoxy) is 7. The van der Waals surface area contributed by atoms with E-state index in [1.807, 2.05) is 121 Å². The highest BCUT2D eigenvalue weighted by molar-refractivity contribution is 5.26. The number of hydrogen-bond acceptors (Lipinski definition) is 7. The highest BCUT2D eigenvalue weighted by Crippen LogP contribution is 2.32. The first-order valence-corrected chi connectivity index (χ1v) is 16.7. The third-order valence-corrected chi connectivity index (χ3v) is 8.41. The number of rotatable bonds is 17. The SMILES string of the molecule is COc1ccc(CO[C@@H]2O[C@H](COCc3ccccc3)[C@@H](OCc3ccccc3)[C@H](OCc3ccccc3)[C@H]2OCc2ccccc2)cc1. The van der Waals surface area contributed by atoms with Gasteiger partial charge in [-0.15, -0.1) is 0 Å². The van der Waals surface area contributed by atoms with Crippen LogP contribution >= 0.6 is 0 Å². The van der Waals surface area contributed by atoms with Crippen molar-refractivity contribution in [2.45, 2.75) is 63.7 Å². The van der Waals surface area contributed by atoms with Crippen LogP contribution in [0.25, 0.3) is 0 Å². The summed E-state index contributed by atoms with van der Waals surface area (Å²) in [4.78, 5) is 0. The summed E-state index contributed by atoms with van der Waals surface area (Å²) >= 11 is 0. The van der Waals surface area contributed by atoms with Crippen molar-refractivity contribution in [1.82, 2.24) is 0 Å². The minimum absolute atomic E-state index is 0.271. The summed E-state index contributed by atoms with van der Waals surface area (Å²) < 4.78 is 45.2. The Morgan fingerprint density at radius 2 is 0.837 bits per heavy atom. The van der Waals surface area contributed by atoms with Crippen LogP contribution in [0.15, 0.2) is 146 Å². The molecule has 0 bridgehead atoms. The topological polar surface area (TPSA) is 64.6 Å². The normalized spacial score (nSPS) is 20.6. The second-order valence-corrected chi connectivity index (χ2v) is 12.0. The van der Waals surface area contributed by atoms with E-state index in [1.54, 1.807) is 7.11 Å². The highest BCUT2D eigenvalue weighted by Gasteiger charge is 2.49. The fourth-order valence-corrected chi connectivity index (χ4v) is 5.78. The maximum Gasteiger partial charge on any atom is 0.187 e. The quantitative estimate of drug-likeness (QED) is 0.100. The molecule has 0 amide bonds. The molecule has 5 aromatic carbocycles. The Bertz CT molecular complexity index is 1620. The van der Waals surface area contributed by atoms with Crippen molar-refractivity contribution >= 4 is 0 Å². The molecular weight excluding hydrogens is 616 g/mol. The van der Waals surface area contributed by atoms with E-state index in [9.17, 15) is 0 Å². The summed E-state index contributed by atoms with van der Waals surface area (Å²) in [6, 6.07) is 48.2. The smallest absolute Gasteiger partial charge is 0.187 e. The maximum absolute atomic E-state index is 6.80. The van der Waals surface area contributed by atoms with Crippen molar-refractivity contribution in [3.8, 4) is 5.75 Å². The molecular formula is C42H44O7. The molecule has 5 atom stereocenters. The van der Waals surface area contributed by atoms with Gasteiger partial charge in [0.25, 0.3) is 0 Å². The molecule has 1 heterocycles. The number of methoxy groups -OCH3 is 1. The van der Waals surface area contributed by atoms with Gasteiger partial charge in [-0.2, -0.15) is 0 Å². The molecule has 7 nitrogen and oxygen atoms in total. The molecule has 0 N–H and O–H groups in total. The molecule has 49 heavy (non-hydrogen) atoms. The van der Waals surface area contributed by atoms with E-state index in [0.29, 0.717) is 33.0 Å². The van der Waals surface area contributed by atoms with Gasteiger partial charge >= 0.3 is 0 Å². The van der Waals surface area contributed by atoms with Crippen LogP contribution in [0, 0.1) is 0 Å². The minimum atomic E-state index is -0.770. The standard InChI is InChI=1S/C42H44O7/c1-43-37-24-22-36(23-25-37)30-48-42-41(47-29-35-20-12-5-13-21-35)40(46-28-34-18-10-4-11-19-34)39(45-27-33-16-8-3-9-17-33)38(49-42)31-44-26-32-14-6-2-7-15-32/h2-25,38-42H,26-31H2,1H3/t38-,39-,40+,41-,42-/m1/s1. The van der Waals surface area contributed by atoms with Crippen molar-refractivity contribution in [1.29, 1.82) is 0 Å². The van der Waals surface area contributed by atoms with Crippen LogP contribution in [0.3, 0.4) is 0 Å². The molecule has 7 heteroatoms. The average molecular weight is 661 g/mol. The third-order valence-electron chi connectivity index (χ3n) is 8.41. The molecule has 6 rings (SSSR count). The lowest BCUT2D eigenvalue weighted by atomic mass is 9.97. The summed E-state index contributed by atoms with van der Waals surface area (Å²) in [7, 11) is 1.65. The lowest BCUT2D eigenvalue weighted by Crippen LogP contribution is -2.61. The van der Waals surface area contributed by atoms with Crippen LogP contribution in [0.4, 0.5) is 0 Å². The maximum atomic E-state index is 6.80. The van der Waals surface area contributed by atoms with Crippen molar-refractivity contribution in [2.24, 2.45) is 0 Å². The van der Waals surface area contributed by atoms with Crippen molar-refractivity contribution in [3.63, 3.8) is 0 Å². The Kier molecular flexibility index (Phi) is 13.0. The Balaban J connectivity index is 1.29. The zero-order chi connectivity index (χ0) is 33.5. The van der Waals surface area contributed by atoms with E-state index < -0.39 is 30.7 Å². The van der Waals surface area contributed by atoms with Gasteiger partial charge in [0.2, 0.25) is 0 Å². The first kappa shape index (κ1) is 34.5. The molecule has 0 spiro atoms. The first-order chi connectivity index (χ1) is 24.2. The minimum Gasteiger partial charge on any atom is -0.497 e. The van der Waals surface area contributed by atoms with E-state index in [0.717, 1.165) is 33.6 Å². The predicted octanol–water partition coefficient (Wildman–Crippen LogP) is 7.91. The summed E-state index contributed by atoms with van der Waals surface area (Å²) in [6.07, 6.45) is -2.97. The molecule has 1 aliphatic rings. The molecule has 0 aromatic heterocycles. The Hall–Kier alpha value is -4.34. The van der Waals surface area contributed by atoms with Gasteiger partial charge in [0.05, 0.1) is 46.8 Å². The first-order valence-electron chi connectivity index (χ1n) is 16.7. The van der Waals surface area contributed by atoms with Gasteiger partial charge in [-0.3, -0.25) is 0 Å². The van der Waals surface area contributed by atoms with E-state index in [-0.39, 0.29) is 6.61 Å². The van der Waals surface area contributed by atoms with E-state index in [2.05, 4.69) is 24.3 Å². The molecule has 0 aliphatic carbocycles. The van der Waals surface area contributed by atoms with Gasteiger partial charge in [0, 0.05) is 0 Å². The molecule has 5 aromatic rings. The van der Waals surface area contributed by atoms with Crippen molar-refractivity contribution in [2.75, 3.05) is 13.7 Å². The monoisotopic (exact) mass is 660 g/mol. The molecule has 254 valence electrons. The Morgan fingerprint density at radius 3 is 1.33 bits per heavy atom. The van der Waals surface area contributed by atoms with E-state index in [4.69, 9.17) is 33.2 Å². The molecule has 0 unspecified atom stereocenters. The lowest BCUT2D eigenvalue weighted by molar-refractivity contribution is -0.330. The van der Waals surface area contributed by atoms with Gasteiger partial charge in [0.1, 0.15) is 30.2 Å². The van der Waals surface area contributed by atoms with Crippen LogP contribution in [0.1, 0.15) is 27.8 Å². The zero-order valence-corrected chi connectivity index (χ0v) is 27.8. The van der Waals surface area contributed by atoms with E-state index in [1.165, 1.54) is 0 Å². The molecule has 0 radical (unpaired) electrons. The van der Waals surface area contributed by atoms with Crippen molar-refractivity contribution in [3.05, 3.63) is 173 Å². The van der Waals surface area contributed by atoms with Crippen LogP contribution in [-0.4, -0.2) is 44.4 Å². The second kappa shape index (κ2) is 18.4. The fourth-order valence-electron chi connectivity index (χ4n) is 5.78. The molecule has 0 saturated carbocycles. The van der Waals surface area contributed by atoms with Gasteiger partial charge in [-0.25, -0.2) is 0 Å². The van der Waals surface area contributed by atoms with Crippen LogP contribution in [0.2, 0.25) is 0 Å². The van der Waals surface area contributed by atoms with Crippen LogP contribution in [-0.2, 0) is 61.5 Å². The van der Waals surface area contributed by atoms with E-state index >= 15 is 0 Å². The van der Waals surface area contributed by atoms with Crippen LogP contribution in [0.5, 0.6) is 5.75 Å². The van der Waals surface area contributed by atoms with Gasteiger partial charge in [-0.05, 0) is 39.9 Å². The summed E-state index contributed by atoms with van der Waals surface area (Å²) in [5, 5.41) is 0. The summed E-state index contributed by atoms with van der Waals surface area (Å²) in [5.74, 6) is 0.783. The Morgan fingerprint density at radius 1 is 0.429 bits per heavy atom. The average Bonchev–Trinajstić information content (AvgIpc) is 3.17. The Labute approximate surface area is 289 Å². The second-order valence-electron chi connectivity index (χ2n) is 12.0. The molecule has 1 fully saturated rings. The molecule has 1 aliphatic heterocycles. The number of benzene rings is 5.